The molecule has 1 saturated heterocycles. The number of nitrogens with one attached hydrogen (secondary N) is 1. The van der Waals surface area contributed by atoms with Crippen molar-refractivity contribution in [2.24, 2.45) is 5.41 Å². The van der Waals surface area contributed by atoms with Crippen molar-refractivity contribution in [3.63, 3.8) is 0 Å². The summed E-state index contributed by atoms with van der Waals surface area (Å²) in [7, 11) is 0. The van der Waals surface area contributed by atoms with Crippen LogP contribution in [0.25, 0.3) is 0 Å². The van der Waals surface area contributed by atoms with Crippen molar-refractivity contribution >= 4 is 17.8 Å². The van der Waals surface area contributed by atoms with Gasteiger partial charge in [-0.3, -0.25) is 19.8 Å². The molecule has 1 saturated carbocycles. The Kier molecular flexibility index (Phi) is 2.52. The first-order valence-electron chi connectivity index (χ1n) is 6.05. The summed E-state index contributed by atoms with van der Waals surface area (Å²) in [5, 5.41) is 2.30. The molecule has 94 valence electrons. The maximum absolute atomic E-state index is 12.3. The molecular weight excluding hydrogens is 220 g/mol. The van der Waals surface area contributed by atoms with E-state index < -0.39 is 22.9 Å². The predicted molar refractivity (Wildman–Crippen MR) is 61.0 cm³/mol. The lowest BCUT2D eigenvalue weighted by molar-refractivity contribution is -0.148. The molecule has 1 aliphatic heterocycles. The van der Waals surface area contributed by atoms with Crippen LogP contribution < -0.4 is 5.32 Å². The molecule has 17 heavy (non-hydrogen) atoms. The van der Waals surface area contributed by atoms with Crippen LogP contribution in [0.1, 0.15) is 46.5 Å². The van der Waals surface area contributed by atoms with E-state index in [9.17, 15) is 14.4 Å². The van der Waals surface area contributed by atoms with E-state index >= 15 is 0 Å². The quantitative estimate of drug-likeness (QED) is 0.756. The van der Waals surface area contributed by atoms with E-state index in [1.54, 1.807) is 0 Å². The molecule has 1 N–H and O–H groups in total. The number of imide groups is 2. The highest BCUT2D eigenvalue weighted by atomic mass is 16.2. The number of hydrogen-bond acceptors (Lipinski definition) is 3. The van der Waals surface area contributed by atoms with Gasteiger partial charge in [-0.15, -0.1) is 0 Å². The Hall–Kier alpha value is -1.39. The summed E-state index contributed by atoms with van der Waals surface area (Å²) in [5.41, 5.74) is -1.47. The van der Waals surface area contributed by atoms with E-state index in [0.29, 0.717) is 12.8 Å². The van der Waals surface area contributed by atoms with Crippen LogP contribution in [0.5, 0.6) is 0 Å². The molecule has 1 spiro atoms. The fourth-order valence-corrected chi connectivity index (χ4v) is 2.52. The second-order valence-electron chi connectivity index (χ2n) is 5.54. The smallest absolute Gasteiger partial charge is 0.277 e. The van der Waals surface area contributed by atoms with Gasteiger partial charge in [-0.2, -0.15) is 0 Å². The van der Waals surface area contributed by atoms with Gasteiger partial charge >= 0.3 is 6.03 Å². The zero-order valence-corrected chi connectivity index (χ0v) is 10.5. The SMILES string of the molecule is CCCC(C)(C)N1C(=O)NC(=O)C2(CC2)C1=O. The highest BCUT2D eigenvalue weighted by Crippen LogP contribution is 2.50. The maximum atomic E-state index is 12.3. The van der Waals surface area contributed by atoms with Gasteiger partial charge in [0, 0.05) is 5.54 Å². The Balaban J connectivity index is 2.31. The molecule has 0 atom stereocenters. The lowest BCUT2D eigenvalue weighted by Gasteiger charge is -2.41. The third-order valence-corrected chi connectivity index (χ3v) is 3.69. The van der Waals surface area contributed by atoms with Crippen molar-refractivity contribution < 1.29 is 14.4 Å². The maximum Gasteiger partial charge on any atom is 0.331 e. The van der Waals surface area contributed by atoms with E-state index in [2.05, 4.69) is 5.32 Å². The summed E-state index contributed by atoms with van der Waals surface area (Å²) in [6.07, 6.45) is 2.73. The molecule has 0 bridgehead atoms. The van der Waals surface area contributed by atoms with E-state index in [1.807, 2.05) is 20.8 Å². The number of amides is 4. The predicted octanol–water partition coefficient (Wildman–Crippen LogP) is 1.42. The molecule has 2 fully saturated rings. The average Bonchev–Trinajstić information content (AvgIpc) is 2.95. The lowest BCUT2D eigenvalue weighted by atomic mass is 9.92. The Bertz CT molecular complexity index is 397. The zero-order chi connectivity index (χ0) is 12.8. The lowest BCUT2D eigenvalue weighted by Crippen LogP contribution is -2.65. The van der Waals surface area contributed by atoms with Crippen LogP contribution in [0.15, 0.2) is 0 Å². The summed E-state index contributed by atoms with van der Waals surface area (Å²) in [5.74, 6) is -0.735. The first kappa shape index (κ1) is 12.1. The number of nitrogens with zero attached hydrogens (tertiary/aromatic N) is 1. The van der Waals surface area contributed by atoms with Crippen molar-refractivity contribution in [3.8, 4) is 0 Å². The van der Waals surface area contributed by atoms with Gasteiger partial charge < -0.3 is 0 Å². The Labute approximate surface area is 101 Å². The molecule has 0 radical (unpaired) electrons. The minimum Gasteiger partial charge on any atom is -0.277 e. The monoisotopic (exact) mass is 238 g/mol. The van der Waals surface area contributed by atoms with Gasteiger partial charge in [-0.1, -0.05) is 13.3 Å². The Morgan fingerprint density at radius 2 is 1.88 bits per heavy atom. The molecule has 5 heteroatoms. The first-order valence-corrected chi connectivity index (χ1v) is 6.05. The van der Waals surface area contributed by atoms with Gasteiger partial charge in [-0.05, 0) is 33.1 Å². The van der Waals surface area contributed by atoms with Crippen LogP contribution in [-0.4, -0.2) is 28.3 Å². The molecule has 2 rings (SSSR count). The van der Waals surface area contributed by atoms with Gasteiger partial charge in [0.05, 0.1) is 0 Å². The van der Waals surface area contributed by atoms with Crippen molar-refractivity contribution in [2.75, 3.05) is 0 Å². The fraction of sp³-hybridized carbons (Fsp3) is 0.750. The van der Waals surface area contributed by atoms with Crippen molar-refractivity contribution in [1.82, 2.24) is 10.2 Å². The summed E-state index contributed by atoms with van der Waals surface area (Å²) in [6, 6.07) is -0.573. The second kappa shape index (κ2) is 3.55. The number of rotatable bonds is 3. The molecule has 4 amide bonds. The highest BCUT2D eigenvalue weighted by Gasteiger charge is 2.63. The third kappa shape index (κ3) is 1.64. The van der Waals surface area contributed by atoms with Crippen LogP contribution >= 0.6 is 0 Å². The second-order valence-corrected chi connectivity index (χ2v) is 5.54. The minimum atomic E-state index is -0.932. The van der Waals surface area contributed by atoms with Gasteiger partial charge in [0.25, 0.3) is 0 Å². The molecule has 2 aliphatic rings. The van der Waals surface area contributed by atoms with Crippen LogP contribution in [0.4, 0.5) is 4.79 Å². The minimum absolute atomic E-state index is 0.315. The molecule has 0 unspecified atom stereocenters. The van der Waals surface area contributed by atoms with Gasteiger partial charge in [0.15, 0.2) is 0 Å². The molecule has 1 heterocycles. The number of carbonyl (C=O) groups excluding carboxylic acids is 3. The topological polar surface area (TPSA) is 66.5 Å². The summed E-state index contributed by atoms with van der Waals surface area (Å²) in [4.78, 5) is 37.0. The Morgan fingerprint density at radius 1 is 1.29 bits per heavy atom. The number of carbonyl (C=O) groups is 3. The van der Waals surface area contributed by atoms with Crippen LogP contribution in [0.2, 0.25) is 0 Å². The van der Waals surface area contributed by atoms with Crippen LogP contribution in [0.3, 0.4) is 0 Å². The zero-order valence-electron chi connectivity index (χ0n) is 10.5. The number of urea groups is 1. The van der Waals surface area contributed by atoms with Crippen molar-refractivity contribution in [3.05, 3.63) is 0 Å². The normalized spacial score (nSPS) is 23.0. The van der Waals surface area contributed by atoms with Crippen LogP contribution in [-0.2, 0) is 9.59 Å². The van der Waals surface area contributed by atoms with E-state index in [0.717, 1.165) is 12.8 Å². The van der Waals surface area contributed by atoms with Gasteiger partial charge in [0.1, 0.15) is 5.41 Å². The first-order chi connectivity index (χ1) is 7.85. The van der Waals surface area contributed by atoms with E-state index in [4.69, 9.17) is 0 Å². The third-order valence-electron chi connectivity index (χ3n) is 3.69. The summed E-state index contributed by atoms with van der Waals surface area (Å²) < 4.78 is 0. The largest absolute Gasteiger partial charge is 0.331 e. The summed E-state index contributed by atoms with van der Waals surface area (Å²) >= 11 is 0. The standard InChI is InChI=1S/C12H18N2O3/c1-4-5-11(2,3)14-9(16)12(6-7-12)8(15)13-10(14)17/h4-7H2,1-3H3,(H,13,15,17). The van der Waals surface area contributed by atoms with Crippen molar-refractivity contribution in [2.45, 2.75) is 52.0 Å². The molecule has 1 aliphatic carbocycles. The van der Waals surface area contributed by atoms with Crippen LogP contribution in [0, 0.1) is 5.41 Å². The van der Waals surface area contributed by atoms with E-state index in [1.165, 1.54) is 4.90 Å². The fourth-order valence-electron chi connectivity index (χ4n) is 2.52. The molecular formula is C12H18N2O3. The summed E-state index contributed by atoms with van der Waals surface area (Å²) in [6.45, 7) is 5.73. The molecule has 5 nitrogen and oxygen atoms in total. The Morgan fingerprint density at radius 3 is 2.35 bits per heavy atom. The van der Waals surface area contributed by atoms with Gasteiger partial charge in [0.2, 0.25) is 11.8 Å². The molecule has 0 aromatic rings. The number of barbiturate groups is 1. The average molecular weight is 238 g/mol. The van der Waals surface area contributed by atoms with Crippen molar-refractivity contribution in [1.29, 1.82) is 0 Å². The molecule has 0 aromatic heterocycles. The molecule has 0 aromatic carbocycles. The number of hydrogen-bond donors (Lipinski definition) is 1. The highest BCUT2D eigenvalue weighted by molar-refractivity contribution is 6.21. The van der Waals surface area contributed by atoms with Gasteiger partial charge in [-0.25, -0.2) is 4.79 Å². The van der Waals surface area contributed by atoms with E-state index in [-0.39, 0.29) is 5.91 Å².